The highest BCUT2D eigenvalue weighted by molar-refractivity contribution is 7.12. The van der Waals surface area contributed by atoms with Gasteiger partial charge in [-0.2, -0.15) is 8.75 Å². The molecule has 68 valence electrons. The van der Waals surface area contributed by atoms with Crippen LogP contribution in [0.3, 0.4) is 0 Å². The van der Waals surface area contributed by atoms with Crippen LogP contribution in [0, 0.1) is 6.92 Å². The van der Waals surface area contributed by atoms with E-state index in [-0.39, 0.29) is 6.04 Å². The Balaban J connectivity index is 2.28. The van der Waals surface area contributed by atoms with Crippen LogP contribution < -0.4 is 5.73 Å². The molecule has 5 heteroatoms. The fourth-order valence-electron chi connectivity index (χ4n) is 1.08. The van der Waals surface area contributed by atoms with Gasteiger partial charge in [0.05, 0.1) is 29.7 Å². The first kappa shape index (κ1) is 8.80. The minimum absolute atomic E-state index is 0.113. The van der Waals surface area contributed by atoms with Crippen LogP contribution in [-0.4, -0.2) is 8.75 Å². The molecule has 0 aliphatic heterocycles. The monoisotopic (exact) mass is 211 g/mol. The van der Waals surface area contributed by atoms with Gasteiger partial charge in [0.1, 0.15) is 0 Å². The predicted octanol–water partition coefficient (Wildman–Crippen LogP) is 1.96. The second kappa shape index (κ2) is 3.53. The van der Waals surface area contributed by atoms with Gasteiger partial charge in [-0.1, -0.05) is 0 Å². The first-order valence-corrected chi connectivity index (χ1v) is 5.41. The van der Waals surface area contributed by atoms with Gasteiger partial charge in [0, 0.05) is 9.75 Å². The molecule has 2 heterocycles. The number of aromatic nitrogens is 2. The summed E-state index contributed by atoms with van der Waals surface area (Å²) in [7, 11) is 0. The first-order chi connectivity index (χ1) is 6.27. The van der Waals surface area contributed by atoms with Crippen molar-refractivity contribution in [2.45, 2.75) is 13.0 Å². The molecular weight excluding hydrogens is 202 g/mol. The summed E-state index contributed by atoms with van der Waals surface area (Å²) in [6.07, 6.45) is 1.73. The molecular formula is C8H9N3S2. The lowest BCUT2D eigenvalue weighted by atomic mass is 10.2. The highest BCUT2D eigenvalue weighted by Gasteiger charge is 2.12. The first-order valence-electron chi connectivity index (χ1n) is 3.87. The molecule has 0 bridgehead atoms. The zero-order valence-corrected chi connectivity index (χ0v) is 8.73. The SMILES string of the molecule is Cc1ccc(C(N)c2cnsn2)s1. The van der Waals surface area contributed by atoms with Crippen molar-refractivity contribution in [3.63, 3.8) is 0 Å². The van der Waals surface area contributed by atoms with Crippen LogP contribution in [-0.2, 0) is 0 Å². The largest absolute Gasteiger partial charge is 0.318 e. The molecule has 2 N–H and O–H groups in total. The number of aryl methyl sites for hydroxylation is 1. The second-order valence-corrected chi connectivity index (χ2v) is 4.63. The molecule has 2 rings (SSSR count). The summed E-state index contributed by atoms with van der Waals surface area (Å²) in [5.74, 6) is 0. The topological polar surface area (TPSA) is 51.8 Å². The molecule has 1 unspecified atom stereocenters. The van der Waals surface area contributed by atoms with Gasteiger partial charge in [0.2, 0.25) is 0 Å². The van der Waals surface area contributed by atoms with Crippen LogP contribution in [0.5, 0.6) is 0 Å². The maximum Gasteiger partial charge on any atom is 0.0963 e. The van der Waals surface area contributed by atoms with Crippen LogP contribution in [0.2, 0.25) is 0 Å². The highest BCUT2D eigenvalue weighted by Crippen LogP contribution is 2.25. The van der Waals surface area contributed by atoms with Gasteiger partial charge in [-0.3, -0.25) is 0 Å². The third kappa shape index (κ3) is 1.77. The van der Waals surface area contributed by atoms with Gasteiger partial charge >= 0.3 is 0 Å². The Bertz CT molecular complexity index is 380. The van der Waals surface area contributed by atoms with Crippen LogP contribution in [0.4, 0.5) is 0 Å². The van der Waals surface area contributed by atoms with Crippen molar-refractivity contribution < 1.29 is 0 Å². The Morgan fingerprint density at radius 3 is 2.85 bits per heavy atom. The zero-order valence-electron chi connectivity index (χ0n) is 7.10. The Morgan fingerprint density at radius 1 is 1.46 bits per heavy atom. The lowest BCUT2D eigenvalue weighted by Crippen LogP contribution is -2.10. The van der Waals surface area contributed by atoms with Crippen molar-refractivity contribution in [2.75, 3.05) is 0 Å². The van der Waals surface area contributed by atoms with E-state index >= 15 is 0 Å². The lowest BCUT2D eigenvalue weighted by molar-refractivity contribution is 0.863. The van der Waals surface area contributed by atoms with E-state index in [4.69, 9.17) is 5.73 Å². The summed E-state index contributed by atoms with van der Waals surface area (Å²) in [6.45, 7) is 2.07. The fraction of sp³-hybridized carbons (Fsp3) is 0.250. The predicted molar refractivity (Wildman–Crippen MR) is 55.0 cm³/mol. The Kier molecular flexibility index (Phi) is 2.39. The Labute approximate surface area is 84.6 Å². The molecule has 13 heavy (non-hydrogen) atoms. The molecule has 0 saturated heterocycles. The summed E-state index contributed by atoms with van der Waals surface area (Å²) in [5, 5.41) is 0. The Morgan fingerprint density at radius 2 is 2.31 bits per heavy atom. The van der Waals surface area contributed by atoms with Gasteiger partial charge in [0.25, 0.3) is 0 Å². The van der Waals surface area contributed by atoms with Gasteiger partial charge < -0.3 is 5.73 Å². The summed E-state index contributed by atoms with van der Waals surface area (Å²) < 4.78 is 8.04. The zero-order chi connectivity index (χ0) is 9.26. The van der Waals surface area contributed by atoms with Crippen LogP contribution in [0.1, 0.15) is 21.5 Å². The van der Waals surface area contributed by atoms with Crippen molar-refractivity contribution in [1.29, 1.82) is 0 Å². The molecule has 0 aliphatic rings. The number of nitrogens with two attached hydrogens (primary N) is 1. The van der Waals surface area contributed by atoms with E-state index in [2.05, 4.69) is 21.7 Å². The number of thiophene rings is 1. The molecule has 0 aromatic carbocycles. The number of rotatable bonds is 2. The Hall–Kier alpha value is -0.780. The smallest absolute Gasteiger partial charge is 0.0963 e. The third-order valence-corrected chi connectivity index (χ3v) is 3.34. The van der Waals surface area contributed by atoms with Gasteiger partial charge in [-0.25, -0.2) is 0 Å². The number of nitrogens with zero attached hydrogens (tertiary/aromatic N) is 2. The normalized spacial score (nSPS) is 13.1. The lowest BCUT2D eigenvalue weighted by Gasteiger charge is -2.03. The van der Waals surface area contributed by atoms with Gasteiger partial charge in [-0.05, 0) is 19.1 Å². The van der Waals surface area contributed by atoms with E-state index in [1.54, 1.807) is 17.5 Å². The van der Waals surface area contributed by atoms with Crippen molar-refractivity contribution >= 4 is 23.1 Å². The van der Waals surface area contributed by atoms with Crippen LogP contribution in [0.25, 0.3) is 0 Å². The molecule has 0 aliphatic carbocycles. The molecule has 1 atom stereocenters. The van der Waals surface area contributed by atoms with Gasteiger partial charge in [-0.15, -0.1) is 11.3 Å². The van der Waals surface area contributed by atoms with E-state index in [0.717, 1.165) is 10.6 Å². The average Bonchev–Trinajstić information content (AvgIpc) is 2.72. The number of hydrogen-bond acceptors (Lipinski definition) is 5. The molecule has 0 amide bonds. The van der Waals surface area contributed by atoms with E-state index in [1.165, 1.54) is 16.6 Å². The molecule has 0 spiro atoms. The van der Waals surface area contributed by atoms with Crippen molar-refractivity contribution in [3.05, 3.63) is 33.8 Å². The molecule has 0 radical (unpaired) electrons. The van der Waals surface area contributed by atoms with E-state index in [9.17, 15) is 0 Å². The minimum Gasteiger partial charge on any atom is -0.318 e. The number of hydrogen-bond donors (Lipinski definition) is 1. The molecule has 0 fully saturated rings. The summed E-state index contributed by atoms with van der Waals surface area (Å²) >= 11 is 2.90. The molecule has 2 aromatic rings. The highest BCUT2D eigenvalue weighted by atomic mass is 32.1. The van der Waals surface area contributed by atoms with E-state index in [1.807, 2.05) is 6.07 Å². The molecule has 3 nitrogen and oxygen atoms in total. The maximum absolute atomic E-state index is 5.99. The van der Waals surface area contributed by atoms with Crippen LogP contribution in [0.15, 0.2) is 18.3 Å². The molecule has 0 saturated carbocycles. The minimum atomic E-state index is -0.113. The fourth-order valence-corrected chi connectivity index (χ4v) is 2.42. The quantitative estimate of drug-likeness (QED) is 0.826. The average molecular weight is 211 g/mol. The summed E-state index contributed by atoms with van der Waals surface area (Å²) in [4.78, 5) is 2.42. The van der Waals surface area contributed by atoms with E-state index < -0.39 is 0 Å². The van der Waals surface area contributed by atoms with E-state index in [0.29, 0.717) is 0 Å². The van der Waals surface area contributed by atoms with Crippen molar-refractivity contribution in [2.24, 2.45) is 5.73 Å². The van der Waals surface area contributed by atoms with Crippen molar-refractivity contribution in [1.82, 2.24) is 8.75 Å². The molecule has 2 aromatic heterocycles. The third-order valence-electron chi connectivity index (χ3n) is 1.76. The summed E-state index contributed by atoms with van der Waals surface area (Å²) in [5.41, 5.74) is 6.84. The second-order valence-electron chi connectivity index (χ2n) is 2.76. The van der Waals surface area contributed by atoms with Crippen molar-refractivity contribution in [3.8, 4) is 0 Å². The van der Waals surface area contributed by atoms with Crippen LogP contribution >= 0.6 is 23.1 Å². The maximum atomic E-state index is 5.99. The van der Waals surface area contributed by atoms with Gasteiger partial charge in [0.15, 0.2) is 0 Å². The standard InChI is InChI=1S/C8H9N3S2/c1-5-2-3-7(12-5)8(9)6-4-10-13-11-6/h2-4,8H,9H2,1H3. The summed E-state index contributed by atoms with van der Waals surface area (Å²) in [6, 6.07) is 4.00.